The minimum atomic E-state index is -0.456. The Labute approximate surface area is 121 Å². The summed E-state index contributed by atoms with van der Waals surface area (Å²) in [4.78, 5) is 12.3. The third-order valence-corrected chi connectivity index (χ3v) is 3.20. The van der Waals surface area contributed by atoms with E-state index in [9.17, 15) is 9.18 Å². The maximum Gasteiger partial charge on any atom is 0.257 e. The molecule has 2 N–H and O–H groups in total. The highest BCUT2D eigenvalue weighted by Gasteiger charge is 2.13. The highest BCUT2D eigenvalue weighted by Crippen LogP contribution is 2.24. The highest BCUT2D eigenvalue weighted by molar-refractivity contribution is 6.34. The fourth-order valence-electron chi connectivity index (χ4n) is 1.85. The van der Waals surface area contributed by atoms with Gasteiger partial charge in [0.15, 0.2) is 0 Å². The summed E-state index contributed by atoms with van der Waals surface area (Å²) >= 11 is 5.94. The molecule has 0 spiro atoms. The minimum Gasteiger partial charge on any atom is -0.387 e. The molecule has 0 saturated heterocycles. The van der Waals surface area contributed by atoms with Gasteiger partial charge in [-0.05, 0) is 37.3 Å². The summed E-state index contributed by atoms with van der Waals surface area (Å²) < 4.78 is 13.2. The third-order valence-electron chi connectivity index (χ3n) is 2.87. The lowest BCUT2D eigenvalue weighted by molar-refractivity contribution is 0.102. The molecule has 0 bridgehead atoms. The van der Waals surface area contributed by atoms with Crippen LogP contribution in [0.3, 0.4) is 0 Å². The third kappa shape index (κ3) is 3.08. The Kier molecular flexibility index (Phi) is 4.25. The smallest absolute Gasteiger partial charge is 0.257 e. The van der Waals surface area contributed by atoms with E-state index >= 15 is 0 Å². The van der Waals surface area contributed by atoms with E-state index in [0.717, 1.165) is 5.56 Å². The van der Waals surface area contributed by atoms with Crippen molar-refractivity contribution in [2.75, 3.05) is 17.7 Å². The van der Waals surface area contributed by atoms with Crippen molar-refractivity contribution in [2.45, 2.75) is 6.92 Å². The molecule has 0 aromatic heterocycles. The Hall–Kier alpha value is -2.07. The lowest BCUT2D eigenvalue weighted by Crippen LogP contribution is -2.14. The van der Waals surface area contributed by atoms with E-state index in [1.807, 2.05) is 19.1 Å². The first-order valence-corrected chi connectivity index (χ1v) is 6.44. The number of amides is 1. The number of carbonyl (C=O) groups is 1. The van der Waals surface area contributed by atoms with Crippen molar-refractivity contribution in [1.82, 2.24) is 0 Å². The Morgan fingerprint density at radius 3 is 2.60 bits per heavy atom. The molecule has 1 amide bonds. The summed E-state index contributed by atoms with van der Waals surface area (Å²) in [6.07, 6.45) is 0. The van der Waals surface area contributed by atoms with Crippen molar-refractivity contribution < 1.29 is 9.18 Å². The molecule has 5 heteroatoms. The van der Waals surface area contributed by atoms with Gasteiger partial charge in [-0.2, -0.15) is 0 Å². The van der Waals surface area contributed by atoms with Crippen LogP contribution in [0.25, 0.3) is 0 Å². The Morgan fingerprint density at radius 1 is 1.15 bits per heavy atom. The van der Waals surface area contributed by atoms with Gasteiger partial charge in [-0.1, -0.05) is 23.2 Å². The van der Waals surface area contributed by atoms with Gasteiger partial charge in [0.25, 0.3) is 5.91 Å². The first-order valence-electron chi connectivity index (χ1n) is 6.06. The van der Waals surface area contributed by atoms with Crippen molar-refractivity contribution in [2.24, 2.45) is 0 Å². The molecular weight excluding hydrogens is 279 g/mol. The summed E-state index contributed by atoms with van der Waals surface area (Å²) in [7, 11) is 1.73. The number of aryl methyl sites for hydroxylation is 1. The van der Waals surface area contributed by atoms with Crippen LogP contribution in [0.5, 0.6) is 0 Å². The number of hydrogen-bond acceptors (Lipinski definition) is 2. The quantitative estimate of drug-likeness (QED) is 0.895. The molecule has 0 aliphatic heterocycles. The molecule has 2 aromatic carbocycles. The fraction of sp³-hybridized carbons (Fsp3) is 0.133. The van der Waals surface area contributed by atoms with Crippen LogP contribution >= 0.6 is 11.6 Å². The molecule has 0 radical (unpaired) electrons. The Bertz CT molecular complexity index is 658. The zero-order valence-corrected chi connectivity index (χ0v) is 11.9. The van der Waals surface area contributed by atoms with Gasteiger partial charge < -0.3 is 10.6 Å². The summed E-state index contributed by atoms with van der Waals surface area (Å²) in [5.74, 6) is -0.798. The molecule has 0 fully saturated rings. The van der Waals surface area contributed by atoms with E-state index in [0.29, 0.717) is 16.3 Å². The number of anilines is 2. The van der Waals surface area contributed by atoms with Gasteiger partial charge in [0.05, 0.1) is 16.3 Å². The molecule has 3 nitrogen and oxygen atoms in total. The Morgan fingerprint density at radius 2 is 1.90 bits per heavy atom. The summed E-state index contributed by atoms with van der Waals surface area (Å²) in [6.45, 7) is 1.89. The van der Waals surface area contributed by atoms with Crippen LogP contribution in [0.1, 0.15) is 15.9 Å². The molecule has 0 heterocycles. The van der Waals surface area contributed by atoms with Gasteiger partial charge in [-0.3, -0.25) is 4.79 Å². The van der Waals surface area contributed by atoms with E-state index < -0.39 is 5.82 Å². The topological polar surface area (TPSA) is 41.1 Å². The SMILES string of the molecule is CNc1ccc(C)cc1C(=O)Nc1cc(F)ccc1Cl. The standard InChI is InChI=1S/C15H14ClFN2O/c1-9-3-6-13(18-2)11(7-9)15(20)19-14-8-10(17)4-5-12(14)16/h3-8,18H,1-2H3,(H,19,20). The normalized spacial score (nSPS) is 10.2. The zero-order chi connectivity index (χ0) is 14.7. The molecule has 0 aliphatic rings. The minimum absolute atomic E-state index is 0.250. The van der Waals surface area contributed by atoms with E-state index in [1.165, 1.54) is 18.2 Å². The molecule has 2 aromatic rings. The van der Waals surface area contributed by atoms with Crippen molar-refractivity contribution in [1.29, 1.82) is 0 Å². The van der Waals surface area contributed by atoms with Crippen molar-refractivity contribution in [3.8, 4) is 0 Å². The number of hydrogen-bond donors (Lipinski definition) is 2. The van der Waals surface area contributed by atoms with E-state index in [1.54, 1.807) is 13.1 Å². The summed E-state index contributed by atoms with van der Waals surface area (Å²) in [5.41, 5.74) is 2.38. The second-order valence-corrected chi connectivity index (χ2v) is 4.78. The predicted molar refractivity (Wildman–Crippen MR) is 80.1 cm³/mol. The van der Waals surface area contributed by atoms with Crippen molar-refractivity contribution in [3.63, 3.8) is 0 Å². The first-order chi connectivity index (χ1) is 9.51. The average molecular weight is 293 g/mol. The maximum atomic E-state index is 13.2. The number of nitrogens with one attached hydrogen (secondary N) is 2. The van der Waals surface area contributed by atoms with Crippen LogP contribution in [0.4, 0.5) is 15.8 Å². The van der Waals surface area contributed by atoms with Gasteiger partial charge >= 0.3 is 0 Å². The molecule has 2 rings (SSSR count). The van der Waals surface area contributed by atoms with Crippen LogP contribution in [0.2, 0.25) is 5.02 Å². The van der Waals surface area contributed by atoms with Crippen LogP contribution in [-0.2, 0) is 0 Å². The van der Waals surface area contributed by atoms with Gasteiger partial charge in [0, 0.05) is 12.7 Å². The molecular formula is C15H14ClFN2O. The van der Waals surface area contributed by atoms with Crippen LogP contribution < -0.4 is 10.6 Å². The van der Waals surface area contributed by atoms with Crippen molar-refractivity contribution >= 4 is 28.9 Å². The lowest BCUT2D eigenvalue weighted by Gasteiger charge is -2.11. The number of rotatable bonds is 3. The van der Waals surface area contributed by atoms with Crippen LogP contribution in [0, 0.1) is 12.7 Å². The monoisotopic (exact) mass is 292 g/mol. The number of carbonyl (C=O) groups excluding carboxylic acids is 1. The zero-order valence-electron chi connectivity index (χ0n) is 11.1. The van der Waals surface area contributed by atoms with Gasteiger partial charge in [-0.15, -0.1) is 0 Å². The van der Waals surface area contributed by atoms with Gasteiger partial charge in [0.2, 0.25) is 0 Å². The Balaban J connectivity index is 2.32. The largest absolute Gasteiger partial charge is 0.387 e. The number of benzene rings is 2. The predicted octanol–water partition coefficient (Wildman–Crippen LogP) is 4.08. The van der Waals surface area contributed by atoms with Crippen LogP contribution in [-0.4, -0.2) is 13.0 Å². The lowest BCUT2D eigenvalue weighted by atomic mass is 10.1. The second kappa shape index (κ2) is 5.92. The van der Waals surface area contributed by atoms with Gasteiger partial charge in [-0.25, -0.2) is 4.39 Å². The molecule has 0 unspecified atom stereocenters. The first kappa shape index (κ1) is 14.3. The van der Waals surface area contributed by atoms with Crippen molar-refractivity contribution in [3.05, 3.63) is 58.4 Å². The molecule has 20 heavy (non-hydrogen) atoms. The van der Waals surface area contributed by atoms with E-state index in [4.69, 9.17) is 11.6 Å². The molecule has 0 saturated carbocycles. The number of halogens is 2. The molecule has 104 valence electrons. The van der Waals surface area contributed by atoms with Crippen LogP contribution in [0.15, 0.2) is 36.4 Å². The summed E-state index contributed by atoms with van der Waals surface area (Å²) in [5, 5.41) is 5.86. The average Bonchev–Trinajstić information content (AvgIpc) is 2.42. The summed E-state index contributed by atoms with van der Waals surface area (Å²) in [6, 6.07) is 9.31. The molecule has 0 aliphatic carbocycles. The van der Waals surface area contributed by atoms with E-state index in [-0.39, 0.29) is 11.6 Å². The maximum absolute atomic E-state index is 13.2. The fourth-order valence-corrected chi connectivity index (χ4v) is 2.01. The second-order valence-electron chi connectivity index (χ2n) is 4.38. The van der Waals surface area contributed by atoms with E-state index in [2.05, 4.69) is 10.6 Å². The van der Waals surface area contributed by atoms with Gasteiger partial charge in [0.1, 0.15) is 5.82 Å². The molecule has 0 atom stereocenters. The highest BCUT2D eigenvalue weighted by atomic mass is 35.5.